The van der Waals surface area contributed by atoms with Gasteiger partial charge < -0.3 is 10.1 Å². The zero-order valence-corrected chi connectivity index (χ0v) is 17.4. The van der Waals surface area contributed by atoms with Crippen LogP contribution < -0.4 is 10.1 Å². The molecule has 8 nitrogen and oxygen atoms in total. The lowest BCUT2D eigenvalue weighted by Gasteiger charge is -2.49. The maximum absolute atomic E-state index is 12.7. The number of nitrogens with zero attached hydrogens (tertiary/aromatic N) is 5. The fourth-order valence-electron chi connectivity index (χ4n) is 4.49. The van der Waals surface area contributed by atoms with Crippen molar-refractivity contribution in [2.24, 2.45) is 11.8 Å². The number of hydrogen-bond donors (Lipinski definition) is 1. The van der Waals surface area contributed by atoms with Crippen LogP contribution in [0.1, 0.15) is 18.5 Å². The van der Waals surface area contributed by atoms with E-state index < -0.39 is 0 Å². The van der Waals surface area contributed by atoms with Gasteiger partial charge in [0.1, 0.15) is 18.1 Å². The quantitative estimate of drug-likeness (QED) is 0.628. The number of benzene rings is 1. The summed E-state index contributed by atoms with van der Waals surface area (Å²) >= 11 is 1.46. The summed E-state index contributed by atoms with van der Waals surface area (Å²) in [4.78, 5) is 19.3. The Kier molecular flexibility index (Phi) is 5.46. The molecule has 9 heteroatoms. The number of amides is 1. The van der Waals surface area contributed by atoms with E-state index in [9.17, 15) is 4.79 Å². The van der Waals surface area contributed by atoms with Crippen molar-refractivity contribution in [1.29, 1.82) is 0 Å². The molecule has 6 rings (SSSR count). The van der Waals surface area contributed by atoms with Gasteiger partial charge in [-0.05, 0) is 37.4 Å². The van der Waals surface area contributed by atoms with E-state index in [0.717, 1.165) is 43.9 Å². The van der Waals surface area contributed by atoms with Gasteiger partial charge in [0.05, 0.1) is 18.7 Å². The fraction of sp³-hybridized carbons (Fsp3) is 0.429. The summed E-state index contributed by atoms with van der Waals surface area (Å²) in [5.41, 5.74) is 0.815. The molecule has 4 atom stereocenters. The van der Waals surface area contributed by atoms with Crippen molar-refractivity contribution in [2.45, 2.75) is 32.0 Å². The molecule has 3 aliphatic heterocycles. The molecule has 2 aromatic heterocycles. The topological polar surface area (TPSA) is 85.2 Å². The number of rotatable bonds is 7. The molecule has 5 heterocycles. The number of anilines is 1. The van der Waals surface area contributed by atoms with Crippen LogP contribution >= 0.6 is 11.3 Å². The van der Waals surface area contributed by atoms with Crippen molar-refractivity contribution in [2.75, 3.05) is 18.4 Å². The minimum Gasteiger partial charge on any atom is -0.487 e. The summed E-state index contributed by atoms with van der Waals surface area (Å²) in [5.74, 6) is 1.36. The van der Waals surface area contributed by atoms with Gasteiger partial charge in [0.15, 0.2) is 5.13 Å². The van der Waals surface area contributed by atoms with E-state index in [2.05, 4.69) is 25.5 Å². The Hall–Kier alpha value is -2.78. The highest BCUT2D eigenvalue weighted by Gasteiger charge is 2.43. The lowest BCUT2D eigenvalue weighted by atomic mass is 9.75. The van der Waals surface area contributed by atoms with E-state index in [4.69, 9.17) is 4.74 Å². The SMILES string of the molecule is O=C(Nc1nccs1)C1CN2CCC1CC2Cn1cc(COc2ccccc2)nn1. The maximum atomic E-state index is 12.7. The van der Waals surface area contributed by atoms with Gasteiger partial charge in [-0.3, -0.25) is 14.4 Å². The molecular formula is C21H24N6O2S. The zero-order chi connectivity index (χ0) is 20.3. The Balaban J connectivity index is 1.16. The van der Waals surface area contributed by atoms with Crippen LogP contribution in [-0.4, -0.2) is 49.9 Å². The average Bonchev–Trinajstić information content (AvgIpc) is 3.45. The van der Waals surface area contributed by atoms with Crippen LogP contribution in [-0.2, 0) is 17.9 Å². The molecule has 1 N–H and O–H groups in total. The smallest absolute Gasteiger partial charge is 0.230 e. The van der Waals surface area contributed by atoms with E-state index in [-0.39, 0.29) is 11.8 Å². The van der Waals surface area contributed by atoms with E-state index >= 15 is 0 Å². The number of ether oxygens (including phenoxy) is 1. The number of piperidine rings is 3. The summed E-state index contributed by atoms with van der Waals surface area (Å²) in [5, 5.41) is 14.1. The molecular weight excluding hydrogens is 400 g/mol. The highest BCUT2D eigenvalue weighted by molar-refractivity contribution is 7.13. The van der Waals surface area contributed by atoms with E-state index in [1.165, 1.54) is 11.3 Å². The van der Waals surface area contributed by atoms with Crippen molar-refractivity contribution < 1.29 is 9.53 Å². The van der Waals surface area contributed by atoms with Crippen LogP contribution in [0.5, 0.6) is 5.75 Å². The number of carbonyl (C=O) groups excluding carboxylic acids is 1. The molecule has 0 saturated carbocycles. The van der Waals surface area contributed by atoms with E-state index in [1.807, 2.05) is 46.6 Å². The van der Waals surface area contributed by atoms with Crippen LogP contribution in [0.3, 0.4) is 0 Å². The first kappa shape index (κ1) is 19.2. The van der Waals surface area contributed by atoms with Crippen LogP contribution in [0.25, 0.3) is 0 Å². The van der Waals surface area contributed by atoms with Crippen LogP contribution in [0.4, 0.5) is 5.13 Å². The van der Waals surface area contributed by atoms with Gasteiger partial charge in [0.25, 0.3) is 0 Å². The number of nitrogens with one attached hydrogen (secondary N) is 1. The summed E-state index contributed by atoms with van der Waals surface area (Å²) in [6.07, 6.45) is 5.74. The minimum absolute atomic E-state index is 0.0319. The lowest BCUT2D eigenvalue weighted by molar-refractivity contribution is -0.127. The van der Waals surface area contributed by atoms with Gasteiger partial charge in [-0.25, -0.2) is 4.98 Å². The summed E-state index contributed by atoms with van der Waals surface area (Å²) in [6, 6.07) is 10.1. The third-order valence-electron chi connectivity index (χ3n) is 5.99. The molecule has 3 saturated heterocycles. The van der Waals surface area contributed by atoms with Crippen molar-refractivity contribution in [3.63, 3.8) is 0 Å². The second kappa shape index (κ2) is 8.53. The highest BCUT2D eigenvalue weighted by atomic mass is 32.1. The number of thiazole rings is 1. The molecule has 3 aromatic rings. The van der Waals surface area contributed by atoms with Gasteiger partial charge in [-0.2, -0.15) is 0 Å². The Morgan fingerprint density at radius 2 is 2.20 bits per heavy atom. The van der Waals surface area contributed by atoms with Crippen LogP contribution in [0, 0.1) is 11.8 Å². The lowest BCUT2D eigenvalue weighted by Crippen LogP contribution is -2.57. The monoisotopic (exact) mass is 424 g/mol. The summed E-state index contributed by atoms with van der Waals surface area (Å²) in [7, 11) is 0. The standard InChI is InChI=1S/C21H24N6O2S/c28-20(23-21-22-7-9-30-21)19-13-26-8-6-15(19)10-17(26)12-27-11-16(24-25-27)14-29-18-4-2-1-3-5-18/h1-5,7,9,11,15,17,19H,6,8,10,12-14H2,(H,22,23,28). The third kappa shape index (κ3) is 4.22. The van der Waals surface area contributed by atoms with E-state index in [0.29, 0.717) is 23.7 Å². The molecule has 30 heavy (non-hydrogen) atoms. The van der Waals surface area contributed by atoms with Gasteiger partial charge in [0.2, 0.25) is 5.91 Å². The van der Waals surface area contributed by atoms with Crippen molar-refractivity contribution in [3.05, 3.63) is 53.8 Å². The number of fused-ring (bicyclic) bond motifs is 3. The predicted octanol–water partition coefficient (Wildman–Crippen LogP) is 2.66. The molecule has 3 fully saturated rings. The summed E-state index contributed by atoms with van der Waals surface area (Å²) < 4.78 is 7.66. The first-order valence-electron chi connectivity index (χ1n) is 10.3. The Labute approximate surface area is 178 Å². The average molecular weight is 425 g/mol. The second-order valence-electron chi connectivity index (χ2n) is 7.90. The van der Waals surface area contributed by atoms with Gasteiger partial charge >= 0.3 is 0 Å². The van der Waals surface area contributed by atoms with Crippen LogP contribution in [0.15, 0.2) is 48.1 Å². The third-order valence-corrected chi connectivity index (χ3v) is 6.68. The van der Waals surface area contributed by atoms with Crippen molar-refractivity contribution in [1.82, 2.24) is 24.9 Å². The normalized spacial score (nSPS) is 25.2. The van der Waals surface area contributed by atoms with Gasteiger partial charge in [0, 0.05) is 24.2 Å². The Morgan fingerprint density at radius 1 is 1.30 bits per heavy atom. The Bertz CT molecular complexity index is 977. The van der Waals surface area contributed by atoms with E-state index in [1.54, 1.807) is 6.20 Å². The molecule has 3 aliphatic rings. The highest BCUT2D eigenvalue weighted by Crippen LogP contribution is 2.37. The number of aromatic nitrogens is 4. The molecule has 0 spiro atoms. The van der Waals surface area contributed by atoms with Crippen molar-refractivity contribution >= 4 is 22.4 Å². The molecule has 1 amide bonds. The molecule has 1 aromatic carbocycles. The van der Waals surface area contributed by atoms with Gasteiger partial charge in [-0.1, -0.05) is 23.4 Å². The minimum atomic E-state index is 0.0319. The molecule has 156 valence electrons. The first-order chi connectivity index (χ1) is 14.7. The number of hydrogen-bond acceptors (Lipinski definition) is 7. The van der Waals surface area contributed by atoms with Crippen molar-refractivity contribution in [3.8, 4) is 5.75 Å². The van der Waals surface area contributed by atoms with Crippen LogP contribution in [0.2, 0.25) is 0 Å². The molecule has 0 aliphatic carbocycles. The maximum Gasteiger partial charge on any atom is 0.230 e. The summed E-state index contributed by atoms with van der Waals surface area (Å²) in [6.45, 7) is 3.02. The second-order valence-corrected chi connectivity index (χ2v) is 8.79. The number of carbonyl (C=O) groups is 1. The first-order valence-corrected chi connectivity index (χ1v) is 11.1. The molecule has 0 radical (unpaired) electrons. The molecule has 2 bridgehead atoms. The Morgan fingerprint density at radius 3 is 2.97 bits per heavy atom. The largest absolute Gasteiger partial charge is 0.487 e. The molecule has 4 unspecified atom stereocenters. The predicted molar refractivity (Wildman–Crippen MR) is 113 cm³/mol. The number of para-hydroxylation sites is 1. The fourth-order valence-corrected chi connectivity index (χ4v) is 5.02. The zero-order valence-electron chi connectivity index (χ0n) is 16.6. The van der Waals surface area contributed by atoms with Gasteiger partial charge in [-0.15, -0.1) is 16.4 Å².